The van der Waals surface area contributed by atoms with Gasteiger partial charge in [-0.25, -0.2) is 0 Å². The van der Waals surface area contributed by atoms with Crippen LogP contribution in [-0.4, -0.2) is 19.9 Å². The Balaban J connectivity index is 1.80. The molecule has 4 N–H and O–H groups in total. The Hall–Kier alpha value is -3.40. The highest BCUT2D eigenvalue weighted by Gasteiger charge is 2.06. The molecule has 8 bridgehead atoms. The lowest BCUT2D eigenvalue weighted by Gasteiger charge is -2.02. The lowest BCUT2D eigenvalue weighted by Crippen LogP contribution is -2.14. The van der Waals surface area contributed by atoms with E-state index < -0.39 is 0 Å². The van der Waals surface area contributed by atoms with E-state index in [4.69, 9.17) is 0 Å². The Labute approximate surface area is 156 Å². The predicted molar refractivity (Wildman–Crippen MR) is 110 cm³/mol. The Kier molecular flexibility index (Phi) is 3.75. The van der Waals surface area contributed by atoms with Gasteiger partial charge in [0.25, 0.3) is 0 Å². The highest BCUT2D eigenvalue weighted by molar-refractivity contribution is 5.64. The van der Waals surface area contributed by atoms with E-state index in [2.05, 4.69) is 93.6 Å². The van der Waals surface area contributed by atoms with E-state index in [1.54, 1.807) is 0 Å². The van der Waals surface area contributed by atoms with Gasteiger partial charge < -0.3 is 19.9 Å². The van der Waals surface area contributed by atoms with E-state index in [9.17, 15) is 0 Å². The molecule has 4 nitrogen and oxygen atoms in total. The van der Waals surface area contributed by atoms with Crippen molar-refractivity contribution in [1.29, 1.82) is 0 Å². The highest BCUT2D eigenvalue weighted by Crippen LogP contribution is 2.16. The van der Waals surface area contributed by atoms with Gasteiger partial charge in [-0.1, -0.05) is 13.3 Å². The van der Waals surface area contributed by atoms with Crippen LogP contribution in [0.15, 0.2) is 48.5 Å². The van der Waals surface area contributed by atoms with Crippen LogP contribution in [0.25, 0.3) is 23.8 Å². The van der Waals surface area contributed by atoms with Gasteiger partial charge in [-0.3, -0.25) is 0 Å². The average molecular weight is 354 g/mol. The Bertz CT molecular complexity index is 1340. The molecule has 4 aromatic rings. The number of hydrogen-bond donors (Lipinski definition) is 4. The maximum Gasteiger partial charge on any atom is 0.0438 e. The topological polar surface area (TPSA) is 63.2 Å². The summed E-state index contributed by atoms with van der Waals surface area (Å²) in [7, 11) is 0. The third kappa shape index (κ3) is 3.10. The zero-order chi connectivity index (χ0) is 18.2. The van der Waals surface area contributed by atoms with Crippen molar-refractivity contribution in [3.8, 4) is 0 Å². The third-order valence-electron chi connectivity index (χ3n) is 4.96. The summed E-state index contributed by atoms with van der Waals surface area (Å²) in [6.07, 6.45) is 8.53. The van der Waals surface area contributed by atoms with Crippen LogP contribution in [0.5, 0.6) is 0 Å². The number of fused-ring (bicyclic) bond motifs is 8. The van der Waals surface area contributed by atoms with Gasteiger partial charge in [0.2, 0.25) is 0 Å². The molecule has 0 atom stereocenters. The Morgan fingerprint density at radius 3 is 1.89 bits per heavy atom. The van der Waals surface area contributed by atoms with Crippen molar-refractivity contribution >= 4 is 23.8 Å². The van der Waals surface area contributed by atoms with Gasteiger partial charge in [-0.2, -0.15) is 0 Å². The van der Waals surface area contributed by atoms with E-state index in [1.165, 1.54) is 16.6 Å². The van der Waals surface area contributed by atoms with Gasteiger partial charge >= 0.3 is 0 Å². The molecule has 0 aliphatic carbocycles. The molecule has 0 aromatic carbocycles. The minimum atomic E-state index is 1.02. The van der Waals surface area contributed by atoms with E-state index >= 15 is 0 Å². The maximum absolute atomic E-state index is 3.57. The predicted octanol–water partition coefficient (Wildman–Crippen LogP) is 1.80. The minimum Gasteiger partial charge on any atom is -0.355 e. The van der Waals surface area contributed by atoms with Gasteiger partial charge in [0.15, 0.2) is 0 Å². The first-order valence-electron chi connectivity index (χ1n) is 9.44. The molecule has 0 fully saturated rings. The number of nitrogens with one attached hydrogen (secondary N) is 4. The second kappa shape index (κ2) is 6.40. The molecule has 1 aliphatic rings. The largest absolute Gasteiger partial charge is 0.355 e. The van der Waals surface area contributed by atoms with Gasteiger partial charge in [0.05, 0.1) is 0 Å². The van der Waals surface area contributed by atoms with Crippen LogP contribution in [0.2, 0.25) is 0 Å². The van der Waals surface area contributed by atoms with Crippen LogP contribution in [-0.2, 0) is 0 Å². The molecule has 4 aromatic heterocycles. The fourth-order valence-electron chi connectivity index (χ4n) is 3.71. The third-order valence-corrected chi connectivity index (χ3v) is 4.96. The molecule has 134 valence electrons. The van der Waals surface area contributed by atoms with Crippen molar-refractivity contribution < 1.29 is 0 Å². The van der Waals surface area contributed by atoms with Gasteiger partial charge in [-0.05, 0) is 78.8 Å². The summed E-state index contributed by atoms with van der Waals surface area (Å²) in [5.74, 6) is 0. The van der Waals surface area contributed by atoms with Crippen molar-refractivity contribution in [2.24, 2.45) is 0 Å². The lowest BCUT2D eigenvalue weighted by molar-refractivity contribution is 0.956. The van der Waals surface area contributed by atoms with Crippen LogP contribution < -0.4 is 21.4 Å². The minimum absolute atomic E-state index is 1.02. The summed E-state index contributed by atoms with van der Waals surface area (Å²) >= 11 is 0. The molecule has 0 amide bonds. The highest BCUT2D eigenvalue weighted by atomic mass is 14.8. The SMILES string of the molecule is CCCC1=c2ccc([nH]2)=Cc2ccc([nH]2)C=c2ccc([nH]2)=Cc2ccc1[nH]2. The van der Waals surface area contributed by atoms with E-state index in [1.807, 2.05) is 0 Å². The molecule has 0 spiro atoms. The molecule has 0 saturated heterocycles. The smallest absolute Gasteiger partial charge is 0.0438 e. The van der Waals surface area contributed by atoms with Crippen LogP contribution in [0.1, 0.15) is 42.5 Å². The zero-order valence-electron chi connectivity index (χ0n) is 15.3. The lowest BCUT2D eigenvalue weighted by atomic mass is 10.1. The average Bonchev–Trinajstić information content (AvgIpc) is 3.43. The van der Waals surface area contributed by atoms with Crippen LogP contribution in [0.3, 0.4) is 0 Å². The van der Waals surface area contributed by atoms with Gasteiger partial charge in [-0.15, -0.1) is 0 Å². The molecule has 4 heteroatoms. The summed E-state index contributed by atoms with van der Waals surface area (Å²) in [6, 6.07) is 17.0. The number of hydrogen-bond acceptors (Lipinski definition) is 0. The summed E-state index contributed by atoms with van der Waals surface area (Å²) < 4.78 is 0. The standard InChI is InChI=1S/C23H22N4/c1-2-3-21-22-10-8-19(26-22)13-17-6-4-15(24-17)12-16-5-7-18(25-16)14-20-9-11-23(21)27-20/h4-14,24-27H,2-3H2,1H3. The van der Waals surface area contributed by atoms with Crippen molar-refractivity contribution in [3.05, 3.63) is 92.7 Å². The van der Waals surface area contributed by atoms with Crippen molar-refractivity contribution in [2.45, 2.75) is 19.8 Å². The van der Waals surface area contributed by atoms with Gasteiger partial charge in [0, 0.05) is 44.2 Å². The molecular weight excluding hydrogens is 332 g/mol. The molecule has 0 radical (unpaired) electrons. The Morgan fingerprint density at radius 2 is 1.19 bits per heavy atom. The summed E-state index contributed by atoms with van der Waals surface area (Å²) in [5.41, 5.74) is 5.74. The monoisotopic (exact) mass is 354 g/mol. The van der Waals surface area contributed by atoms with Crippen LogP contribution >= 0.6 is 0 Å². The van der Waals surface area contributed by atoms with Crippen LogP contribution in [0, 0.1) is 0 Å². The molecular formula is C23H22N4. The first kappa shape index (κ1) is 15.8. The van der Waals surface area contributed by atoms with Gasteiger partial charge in [0.1, 0.15) is 0 Å². The van der Waals surface area contributed by atoms with E-state index in [-0.39, 0.29) is 0 Å². The van der Waals surface area contributed by atoms with Crippen LogP contribution in [0.4, 0.5) is 0 Å². The first-order valence-corrected chi connectivity index (χ1v) is 9.44. The molecule has 0 saturated carbocycles. The Morgan fingerprint density at radius 1 is 0.593 bits per heavy atom. The molecule has 5 heterocycles. The fraction of sp³-hybridized carbons (Fsp3) is 0.130. The normalized spacial score (nSPS) is 13.0. The zero-order valence-corrected chi connectivity index (χ0v) is 15.3. The molecule has 1 aliphatic heterocycles. The number of rotatable bonds is 2. The van der Waals surface area contributed by atoms with Crippen molar-refractivity contribution in [2.75, 3.05) is 0 Å². The summed E-state index contributed by atoms with van der Waals surface area (Å²) in [5, 5.41) is 4.43. The van der Waals surface area contributed by atoms with E-state index in [0.717, 1.165) is 46.0 Å². The summed E-state index contributed by atoms with van der Waals surface area (Å²) in [4.78, 5) is 14.1. The summed E-state index contributed by atoms with van der Waals surface area (Å²) in [6.45, 7) is 2.22. The maximum atomic E-state index is 3.57. The number of H-pyrrole nitrogens is 4. The molecule has 5 rings (SSSR count). The number of aromatic amines is 4. The van der Waals surface area contributed by atoms with Crippen molar-refractivity contribution in [1.82, 2.24) is 19.9 Å². The first-order chi connectivity index (χ1) is 13.3. The second-order valence-electron chi connectivity index (χ2n) is 7.05. The fourth-order valence-corrected chi connectivity index (χ4v) is 3.71. The second-order valence-corrected chi connectivity index (χ2v) is 7.05. The van der Waals surface area contributed by atoms with E-state index in [0.29, 0.717) is 0 Å². The molecule has 27 heavy (non-hydrogen) atoms. The molecule has 0 unspecified atom stereocenters. The van der Waals surface area contributed by atoms with Crippen molar-refractivity contribution in [3.63, 3.8) is 0 Å². The quantitative estimate of drug-likeness (QED) is 0.424. The number of aromatic nitrogens is 4.